The van der Waals surface area contributed by atoms with Gasteiger partial charge < -0.3 is 10.1 Å². The molecule has 82 valence electrons. The van der Waals surface area contributed by atoms with Crippen molar-refractivity contribution < 1.29 is 4.74 Å². The fourth-order valence-corrected chi connectivity index (χ4v) is 1.94. The van der Waals surface area contributed by atoms with Crippen molar-refractivity contribution in [2.45, 2.75) is 31.8 Å². The van der Waals surface area contributed by atoms with Gasteiger partial charge in [0.2, 0.25) is 0 Å². The fourth-order valence-electron chi connectivity index (χ4n) is 1.94. The molecule has 1 aromatic heterocycles. The molecule has 15 heavy (non-hydrogen) atoms. The number of pyridine rings is 1. The van der Waals surface area contributed by atoms with Gasteiger partial charge in [-0.05, 0) is 31.9 Å². The molecule has 0 radical (unpaired) electrons. The minimum absolute atomic E-state index is 0.304. The zero-order chi connectivity index (χ0) is 10.5. The lowest BCUT2D eigenvalue weighted by Crippen LogP contribution is -2.38. The van der Waals surface area contributed by atoms with Crippen molar-refractivity contribution in [2.75, 3.05) is 13.2 Å². The highest BCUT2D eigenvalue weighted by atomic mass is 16.5. The molecule has 2 unspecified atom stereocenters. The Morgan fingerprint density at radius 1 is 1.53 bits per heavy atom. The maximum atomic E-state index is 5.44. The Morgan fingerprint density at radius 3 is 3.13 bits per heavy atom. The molecule has 3 heteroatoms. The van der Waals surface area contributed by atoms with Gasteiger partial charge in [-0.2, -0.15) is 0 Å². The van der Waals surface area contributed by atoms with Crippen LogP contribution in [0.3, 0.4) is 0 Å². The summed E-state index contributed by atoms with van der Waals surface area (Å²) in [7, 11) is 0. The van der Waals surface area contributed by atoms with Crippen molar-refractivity contribution in [2.24, 2.45) is 0 Å². The van der Waals surface area contributed by atoms with Crippen LogP contribution in [0.2, 0.25) is 0 Å². The third-order valence-electron chi connectivity index (χ3n) is 2.78. The molecule has 0 spiro atoms. The molecule has 1 saturated heterocycles. The lowest BCUT2D eigenvalue weighted by Gasteiger charge is -2.26. The number of rotatable bonds is 3. The highest BCUT2D eigenvalue weighted by molar-refractivity contribution is 5.07. The number of hydrogen-bond donors (Lipinski definition) is 1. The van der Waals surface area contributed by atoms with Crippen LogP contribution in [-0.2, 0) is 4.74 Å². The third kappa shape index (κ3) is 3.01. The molecule has 0 saturated carbocycles. The van der Waals surface area contributed by atoms with Gasteiger partial charge in [-0.1, -0.05) is 6.07 Å². The molecule has 0 bridgehead atoms. The first-order valence-electron chi connectivity index (χ1n) is 5.61. The quantitative estimate of drug-likeness (QED) is 0.820. The van der Waals surface area contributed by atoms with Gasteiger partial charge in [-0.25, -0.2) is 0 Å². The maximum absolute atomic E-state index is 5.44. The molecule has 1 aliphatic heterocycles. The van der Waals surface area contributed by atoms with E-state index >= 15 is 0 Å². The predicted molar refractivity (Wildman–Crippen MR) is 59.6 cm³/mol. The van der Waals surface area contributed by atoms with Gasteiger partial charge in [0.25, 0.3) is 0 Å². The molecule has 0 aliphatic carbocycles. The second-order valence-electron chi connectivity index (χ2n) is 4.06. The van der Waals surface area contributed by atoms with E-state index in [0.29, 0.717) is 12.1 Å². The average molecular weight is 206 g/mol. The highest BCUT2D eigenvalue weighted by Gasteiger charge is 2.16. The summed E-state index contributed by atoms with van der Waals surface area (Å²) in [5.41, 5.74) is 1.10. The predicted octanol–water partition coefficient (Wildman–Crippen LogP) is 1.91. The van der Waals surface area contributed by atoms with Gasteiger partial charge in [-0.15, -0.1) is 0 Å². The Kier molecular flexibility index (Phi) is 3.69. The number of aromatic nitrogens is 1. The molecule has 2 atom stereocenters. The Hall–Kier alpha value is -0.930. The molecule has 1 N–H and O–H groups in total. The number of ether oxygens (including phenoxy) is 1. The molecular formula is C12H18N2O. The summed E-state index contributed by atoms with van der Waals surface area (Å²) in [4.78, 5) is 4.34. The maximum Gasteiger partial charge on any atom is 0.0619 e. The summed E-state index contributed by atoms with van der Waals surface area (Å²) in [6.07, 6.45) is 4.20. The van der Waals surface area contributed by atoms with E-state index in [1.165, 1.54) is 6.42 Å². The standard InChI is InChI=1S/C12H18N2O/c1-10(12-6-2-3-7-13-12)14-11-5-4-8-15-9-11/h2-3,6-7,10-11,14H,4-5,8-9H2,1H3. The first-order valence-corrected chi connectivity index (χ1v) is 5.61. The Balaban J connectivity index is 1.88. The third-order valence-corrected chi connectivity index (χ3v) is 2.78. The van der Waals surface area contributed by atoms with Crippen molar-refractivity contribution in [3.05, 3.63) is 30.1 Å². The van der Waals surface area contributed by atoms with Crippen LogP contribution >= 0.6 is 0 Å². The zero-order valence-corrected chi connectivity index (χ0v) is 9.15. The van der Waals surface area contributed by atoms with Crippen LogP contribution in [0.15, 0.2) is 24.4 Å². The van der Waals surface area contributed by atoms with Crippen LogP contribution in [0.25, 0.3) is 0 Å². The van der Waals surface area contributed by atoms with Gasteiger partial charge in [-0.3, -0.25) is 4.98 Å². The molecule has 1 aromatic rings. The van der Waals surface area contributed by atoms with Crippen molar-refractivity contribution in [1.82, 2.24) is 10.3 Å². The van der Waals surface area contributed by atoms with E-state index in [1.54, 1.807) is 0 Å². The van der Waals surface area contributed by atoms with E-state index < -0.39 is 0 Å². The monoisotopic (exact) mass is 206 g/mol. The van der Waals surface area contributed by atoms with Crippen molar-refractivity contribution >= 4 is 0 Å². The Labute approximate surface area is 90.9 Å². The summed E-state index contributed by atoms with van der Waals surface area (Å²) in [5.74, 6) is 0. The van der Waals surface area contributed by atoms with E-state index in [4.69, 9.17) is 4.74 Å². The summed E-state index contributed by atoms with van der Waals surface area (Å²) < 4.78 is 5.44. The second kappa shape index (κ2) is 5.24. The Bertz CT molecular complexity index is 283. The number of nitrogens with zero attached hydrogens (tertiary/aromatic N) is 1. The topological polar surface area (TPSA) is 34.1 Å². The normalized spacial score (nSPS) is 23.7. The molecule has 1 fully saturated rings. The van der Waals surface area contributed by atoms with E-state index in [1.807, 2.05) is 18.3 Å². The van der Waals surface area contributed by atoms with E-state index in [9.17, 15) is 0 Å². The van der Waals surface area contributed by atoms with Crippen LogP contribution in [0.1, 0.15) is 31.5 Å². The van der Waals surface area contributed by atoms with Crippen molar-refractivity contribution in [3.63, 3.8) is 0 Å². The van der Waals surface area contributed by atoms with Crippen LogP contribution in [-0.4, -0.2) is 24.2 Å². The SMILES string of the molecule is CC(NC1CCCOC1)c1ccccn1. The number of nitrogens with one attached hydrogen (secondary N) is 1. The summed E-state index contributed by atoms with van der Waals surface area (Å²) in [6.45, 7) is 3.89. The van der Waals surface area contributed by atoms with Gasteiger partial charge in [0.1, 0.15) is 0 Å². The van der Waals surface area contributed by atoms with Gasteiger partial charge in [0, 0.05) is 24.9 Å². The first kappa shape index (κ1) is 10.6. The lowest BCUT2D eigenvalue weighted by molar-refractivity contribution is 0.0669. The molecule has 2 heterocycles. The van der Waals surface area contributed by atoms with Crippen LogP contribution in [0.5, 0.6) is 0 Å². The lowest BCUT2D eigenvalue weighted by atomic mass is 10.1. The number of hydrogen-bond acceptors (Lipinski definition) is 3. The summed E-state index contributed by atoms with van der Waals surface area (Å²) >= 11 is 0. The molecule has 2 rings (SSSR count). The van der Waals surface area contributed by atoms with E-state index in [2.05, 4.69) is 23.3 Å². The minimum atomic E-state index is 0.304. The zero-order valence-electron chi connectivity index (χ0n) is 9.15. The molecular weight excluding hydrogens is 188 g/mol. The van der Waals surface area contributed by atoms with Gasteiger partial charge in [0.05, 0.1) is 12.3 Å². The van der Waals surface area contributed by atoms with Gasteiger partial charge in [0.15, 0.2) is 0 Å². The smallest absolute Gasteiger partial charge is 0.0619 e. The van der Waals surface area contributed by atoms with Crippen molar-refractivity contribution in [3.8, 4) is 0 Å². The van der Waals surface area contributed by atoms with Crippen LogP contribution in [0.4, 0.5) is 0 Å². The fraction of sp³-hybridized carbons (Fsp3) is 0.583. The first-order chi connectivity index (χ1) is 7.36. The Morgan fingerprint density at radius 2 is 2.47 bits per heavy atom. The molecule has 3 nitrogen and oxygen atoms in total. The summed E-state index contributed by atoms with van der Waals surface area (Å²) in [5, 5.41) is 3.55. The summed E-state index contributed by atoms with van der Waals surface area (Å²) in [6, 6.07) is 6.81. The van der Waals surface area contributed by atoms with Gasteiger partial charge >= 0.3 is 0 Å². The highest BCUT2D eigenvalue weighted by Crippen LogP contribution is 2.13. The van der Waals surface area contributed by atoms with Crippen LogP contribution in [0, 0.1) is 0 Å². The van der Waals surface area contributed by atoms with Crippen molar-refractivity contribution in [1.29, 1.82) is 0 Å². The largest absolute Gasteiger partial charge is 0.380 e. The second-order valence-corrected chi connectivity index (χ2v) is 4.06. The average Bonchev–Trinajstić information content (AvgIpc) is 2.31. The van der Waals surface area contributed by atoms with E-state index in [-0.39, 0.29) is 0 Å². The molecule has 0 amide bonds. The molecule has 0 aromatic carbocycles. The van der Waals surface area contributed by atoms with E-state index in [0.717, 1.165) is 25.3 Å². The molecule has 1 aliphatic rings. The van der Waals surface area contributed by atoms with Crippen LogP contribution < -0.4 is 5.32 Å². The minimum Gasteiger partial charge on any atom is -0.380 e.